The lowest BCUT2D eigenvalue weighted by Gasteiger charge is -2.04. The third-order valence-corrected chi connectivity index (χ3v) is 4.10. The maximum atomic E-state index is 12.4. The zero-order valence-corrected chi connectivity index (χ0v) is 12.6. The molecule has 0 N–H and O–H groups in total. The second-order valence-electron chi connectivity index (χ2n) is 4.67. The summed E-state index contributed by atoms with van der Waals surface area (Å²) in [5.74, 6) is -1.51. The van der Waals surface area contributed by atoms with Crippen LogP contribution in [-0.4, -0.2) is 15.1 Å². The Morgan fingerprint density at radius 2 is 1.87 bits per heavy atom. The van der Waals surface area contributed by atoms with Gasteiger partial charge in [-0.25, -0.2) is 4.98 Å². The minimum Gasteiger partial charge on any atom is -0.329 e. The third-order valence-electron chi connectivity index (χ3n) is 2.97. The predicted octanol–water partition coefficient (Wildman–Crippen LogP) is 4.61. The van der Waals surface area contributed by atoms with Crippen LogP contribution in [-0.2, 0) is 6.18 Å². The van der Waals surface area contributed by atoms with E-state index >= 15 is 0 Å². The van der Waals surface area contributed by atoms with Gasteiger partial charge in [-0.1, -0.05) is 35.1 Å². The molecule has 118 valence electrons. The van der Waals surface area contributed by atoms with E-state index < -0.39 is 12.1 Å². The molecule has 2 aromatic heterocycles. The fourth-order valence-electron chi connectivity index (χ4n) is 1.81. The van der Waals surface area contributed by atoms with Crippen LogP contribution >= 0.6 is 11.8 Å². The molecule has 0 spiro atoms. The molecule has 4 nitrogen and oxygen atoms in total. The summed E-state index contributed by atoms with van der Waals surface area (Å²) in [6, 6.07) is 11.2. The molecule has 0 aliphatic rings. The molecule has 8 heteroatoms. The number of nitrogens with zero attached hydrogens (tertiary/aromatic N) is 3. The van der Waals surface area contributed by atoms with Crippen molar-refractivity contribution in [3.05, 3.63) is 54.0 Å². The Hall–Kier alpha value is -2.35. The van der Waals surface area contributed by atoms with Gasteiger partial charge < -0.3 is 4.52 Å². The minimum absolute atomic E-state index is 0.141. The van der Waals surface area contributed by atoms with Crippen LogP contribution in [0.2, 0.25) is 0 Å². The Kier molecular flexibility index (Phi) is 4.08. The van der Waals surface area contributed by atoms with Crippen molar-refractivity contribution < 1.29 is 17.7 Å². The van der Waals surface area contributed by atoms with Gasteiger partial charge in [0.25, 0.3) is 0 Å². The Balaban J connectivity index is 1.80. The summed E-state index contributed by atoms with van der Waals surface area (Å²) in [6.45, 7) is 1.99. The van der Waals surface area contributed by atoms with E-state index in [4.69, 9.17) is 0 Å². The van der Waals surface area contributed by atoms with E-state index in [9.17, 15) is 13.2 Å². The number of pyridine rings is 1. The van der Waals surface area contributed by atoms with Crippen LogP contribution in [0.5, 0.6) is 0 Å². The highest BCUT2D eigenvalue weighted by Gasteiger charge is 2.38. The quantitative estimate of drug-likeness (QED) is 0.698. The Bertz CT molecular complexity index is 815. The summed E-state index contributed by atoms with van der Waals surface area (Å²) in [7, 11) is 0. The van der Waals surface area contributed by atoms with Crippen LogP contribution in [0, 0.1) is 6.92 Å². The normalized spacial score (nSPS) is 11.7. The summed E-state index contributed by atoms with van der Waals surface area (Å²) in [5, 5.41) is 4.05. The monoisotopic (exact) mass is 337 g/mol. The van der Waals surface area contributed by atoms with Gasteiger partial charge in [0, 0.05) is 16.7 Å². The van der Waals surface area contributed by atoms with Crippen LogP contribution in [0.15, 0.2) is 57.0 Å². The molecule has 0 aliphatic carbocycles. The van der Waals surface area contributed by atoms with Gasteiger partial charge >= 0.3 is 12.1 Å². The van der Waals surface area contributed by atoms with E-state index in [0.29, 0.717) is 5.56 Å². The molecule has 0 saturated carbocycles. The summed E-state index contributed by atoms with van der Waals surface area (Å²) in [6.07, 6.45) is -3.23. The first-order valence-electron chi connectivity index (χ1n) is 6.54. The number of hydrogen-bond donors (Lipinski definition) is 0. The number of aryl methyl sites for hydroxylation is 1. The molecule has 3 rings (SSSR count). The first kappa shape index (κ1) is 15.5. The van der Waals surface area contributed by atoms with E-state index in [1.165, 1.54) is 18.0 Å². The summed E-state index contributed by atoms with van der Waals surface area (Å²) >= 11 is 1.47. The molecule has 23 heavy (non-hydrogen) atoms. The molecule has 1 aromatic carbocycles. The van der Waals surface area contributed by atoms with E-state index in [2.05, 4.69) is 19.6 Å². The first-order valence-corrected chi connectivity index (χ1v) is 7.36. The summed E-state index contributed by atoms with van der Waals surface area (Å²) in [5.41, 5.74) is 1.48. The molecule has 0 aliphatic heterocycles. The van der Waals surface area contributed by atoms with Crippen molar-refractivity contribution >= 4 is 11.8 Å². The largest absolute Gasteiger partial charge is 0.471 e. The van der Waals surface area contributed by atoms with Crippen molar-refractivity contribution in [2.45, 2.75) is 23.0 Å². The number of rotatable bonds is 3. The molecular formula is C15H10F3N3OS. The van der Waals surface area contributed by atoms with Gasteiger partial charge in [0.05, 0.1) is 0 Å². The van der Waals surface area contributed by atoms with Crippen LogP contribution in [0.3, 0.4) is 0 Å². The standard InChI is InChI=1S/C15H10F3N3OS/c1-9-4-2-3-5-11(9)23-12-7-6-10(8-19-12)13-20-14(22-21-13)15(16,17)18/h2-8H,1H3. The van der Waals surface area contributed by atoms with Crippen molar-refractivity contribution in [1.82, 2.24) is 15.1 Å². The lowest BCUT2D eigenvalue weighted by Crippen LogP contribution is -2.04. The van der Waals surface area contributed by atoms with E-state index in [1.54, 1.807) is 12.1 Å². The molecule has 2 heterocycles. The van der Waals surface area contributed by atoms with Gasteiger partial charge in [-0.2, -0.15) is 18.2 Å². The second-order valence-corrected chi connectivity index (χ2v) is 5.74. The molecule has 0 fully saturated rings. The molecule has 0 atom stereocenters. The maximum absolute atomic E-state index is 12.4. The van der Waals surface area contributed by atoms with E-state index in [-0.39, 0.29) is 5.82 Å². The predicted molar refractivity (Wildman–Crippen MR) is 77.8 cm³/mol. The van der Waals surface area contributed by atoms with Crippen LogP contribution in [0.25, 0.3) is 11.4 Å². The van der Waals surface area contributed by atoms with Crippen molar-refractivity contribution in [3.8, 4) is 11.4 Å². The van der Waals surface area contributed by atoms with Crippen LogP contribution < -0.4 is 0 Å². The third kappa shape index (κ3) is 3.53. The molecule has 0 saturated heterocycles. The topological polar surface area (TPSA) is 51.8 Å². The second kappa shape index (κ2) is 6.04. The molecule has 0 radical (unpaired) electrons. The average molecular weight is 337 g/mol. The van der Waals surface area contributed by atoms with E-state index in [0.717, 1.165) is 15.5 Å². The summed E-state index contributed by atoms with van der Waals surface area (Å²) in [4.78, 5) is 8.61. The van der Waals surface area contributed by atoms with Crippen LogP contribution in [0.1, 0.15) is 11.5 Å². The fourth-order valence-corrected chi connectivity index (χ4v) is 2.65. The first-order chi connectivity index (χ1) is 10.9. The smallest absolute Gasteiger partial charge is 0.329 e. The van der Waals surface area contributed by atoms with E-state index in [1.807, 2.05) is 31.2 Å². The van der Waals surface area contributed by atoms with Crippen molar-refractivity contribution in [1.29, 1.82) is 0 Å². The van der Waals surface area contributed by atoms with Gasteiger partial charge in [0.2, 0.25) is 5.82 Å². The Morgan fingerprint density at radius 1 is 1.09 bits per heavy atom. The maximum Gasteiger partial charge on any atom is 0.471 e. The Labute approximate surface area is 133 Å². The van der Waals surface area contributed by atoms with Gasteiger partial charge in [-0.15, -0.1) is 0 Å². The van der Waals surface area contributed by atoms with Crippen molar-refractivity contribution in [2.24, 2.45) is 0 Å². The number of halogens is 3. The Morgan fingerprint density at radius 3 is 2.48 bits per heavy atom. The zero-order chi connectivity index (χ0) is 16.4. The number of aromatic nitrogens is 3. The average Bonchev–Trinajstić information content (AvgIpc) is 3.00. The van der Waals surface area contributed by atoms with Crippen molar-refractivity contribution in [3.63, 3.8) is 0 Å². The lowest BCUT2D eigenvalue weighted by atomic mass is 10.2. The molecule has 3 aromatic rings. The molecule has 0 amide bonds. The van der Waals surface area contributed by atoms with Crippen molar-refractivity contribution in [2.75, 3.05) is 0 Å². The highest BCUT2D eigenvalue weighted by atomic mass is 32.2. The fraction of sp³-hybridized carbons (Fsp3) is 0.133. The molecule has 0 unspecified atom stereocenters. The number of benzene rings is 1. The summed E-state index contributed by atoms with van der Waals surface area (Å²) < 4.78 is 41.5. The highest BCUT2D eigenvalue weighted by molar-refractivity contribution is 7.99. The van der Waals surface area contributed by atoms with Gasteiger partial charge in [-0.3, -0.25) is 0 Å². The molecule has 0 bridgehead atoms. The van der Waals surface area contributed by atoms with Gasteiger partial charge in [0.1, 0.15) is 5.03 Å². The van der Waals surface area contributed by atoms with Crippen LogP contribution in [0.4, 0.5) is 13.2 Å². The van der Waals surface area contributed by atoms with Gasteiger partial charge in [0.15, 0.2) is 0 Å². The zero-order valence-electron chi connectivity index (χ0n) is 11.8. The number of alkyl halides is 3. The lowest BCUT2D eigenvalue weighted by molar-refractivity contribution is -0.159. The molecular weight excluding hydrogens is 327 g/mol. The van der Waals surface area contributed by atoms with Gasteiger partial charge in [-0.05, 0) is 30.7 Å². The number of hydrogen-bond acceptors (Lipinski definition) is 5. The highest BCUT2D eigenvalue weighted by Crippen LogP contribution is 2.31. The SMILES string of the molecule is Cc1ccccc1Sc1ccc(-c2noc(C(F)(F)F)n2)cn1. The minimum atomic E-state index is -4.65.